The van der Waals surface area contributed by atoms with Crippen molar-refractivity contribution >= 4 is 0 Å². The molecule has 3 rings (SSSR count). The van der Waals surface area contributed by atoms with E-state index in [4.69, 9.17) is 0 Å². The van der Waals surface area contributed by atoms with Gasteiger partial charge in [-0.25, -0.2) is 0 Å². The van der Waals surface area contributed by atoms with E-state index in [9.17, 15) is 5.11 Å². The van der Waals surface area contributed by atoms with Crippen LogP contribution in [0.15, 0.2) is 23.8 Å². The standard InChI is InChI=1S/C13H19NO/c1-13(15)11-6-3-2-5-10(11)9-14-8-4-7-12(13)14/h3,5-6,11-12,15H,2,4,7-9H2,1H3/t11-,12-,13+/m1/s1. The van der Waals surface area contributed by atoms with E-state index in [0.717, 1.165) is 25.9 Å². The maximum Gasteiger partial charge on any atom is 0.0874 e. The molecule has 0 aromatic heterocycles. The summed E-state index contributed by atoms with van der Waals surface area (Å²) in [7, 11) is 0. The van der Waals surface area contributed by atoms with Gasteiger partial charge in [-0.3, -0.25) is 4.90 Å². The molecule has 2 fully saturated rings. The maximum absolute atomic E-state index is 10.7. The Hall–Kier alpha value is -0.600. The first-order valence-electron chi connectivity index (χ1n) is 6.01. The van der Waals surface area contributed by atoms with Crippen LogP contribution in [0.2, 0.25) is 0 Å². The Morgan fingerprint density at radius 1 is 1.53 bits per heavy atom. The monoisotopic (exact) mass is 205 g/mol. The molecule has 0 spiro atoms. The normalized spacial score (nSPS) is 44.8. The Labute approximate surface area is 91.3 Å². The van der Waals surface area contributed by atoms with Crippen LogP contribution in [0.3, 0.4) is 0 Å². The van der Waals surface area contributed by atoms with E-state index in [2.05, 4.69) is 23.1 Å². The lowest BCUT2D eigenvalue weighted by Crippen LogP contribution is -2.58. The number of nitrogens with zero attached hydrogens (tertiary/aromatic N) is 1. The van der Waals surface area contributed by atoms with Crippen molar-refractivity contribution in [2.24, 2.45) is 5.92 Å². The minimum atomic E-state index is -0.558. The van der Waals surface area contributed by atoms with Gasteiger partial charge in [0, 0.05) is 18.5 Å². The zero-order chi connectivity index (χ0) is 10.5. The first-order chi connectivity index (χ1) is 7.19. The molecule has 0 unspecified atom stereocenters. The van der Waals surface area contributed by atoms with Gasteiger partial charge in [-0.05, 0) is 32.7 Å². The van der Waals surface area contributed by atoms with E-state index in [1.165, 1.54) is 12.0 Å². The lowest BCUT2D eigenvalue weighted by molar-refractivity contribution is -0.0587. The van der Waals surface area contributed by atoms with Crippen LogP contribution >= 0.6 is 0 Å². The molecular weight excluding hydrogens is 186 g/mol. The van der Waals surface area contributed by atoms with E-state index in [-0.39, 0.29) is 5.92 Å². The highest BCUT2D eigenvalue weighted by atomic mass is 16.3. The summed E-state index contributed by atoms with van der Waals surface area (Å²) in [5, 5.41) is 10.7. The topological polar surface area (TPSA) is 23.5 Å². The second kappa shape index (κ2) is 3.19. The summed E-state index contributed by atoms with van der Waals surface area (Å²) in [5.74, 6) is 0.269. The van der Waals surface area contributed by atoms with E-state index < -0.39 is 5.60 Å². The van der Waals surface area contributed by atoms with E-state index >= 15 is 0 Å². The molecule has 82 valence electrons. The molecule has 0 aromatic rings. The Balaban J connectivity index is 1.98. The quantitative estimate of drug-likeness (QED) is 0.609. The van der Waals surface area contributed by atoms with Crippen molar-refractivity contribution in [3.8, 4) is 0 Å². The summed E-state index contributed by atoms with van der Waals surface area (Å²) in [4.78, 5) is 2.46. The fourth-order valence-corrected chi connectivity index (χ4v) is 3.54. The van der Waals surface area contributed by atoms with E-state index in [1.54, 1.807) is 0 Å². The molecule has 1 aliphatic carbocycles. The van der Waals surface area contributed by atoms with Gasteiger partial charge >= 0.3 is 0 Å². The van der Waals surface area contributed by atoms with Crippen molar-refractivity contribution < 1.29 is 5.11 Å². The smallest absolute Gasteiger partial charge is 0.0874 e. The molecule has 0 radical (unpaired) electrons. The molecule has 0 saturated carbocycles. The van der Waals surface area contributed by atoms with Crippen LogP contribution in [0, 0.1) is 5.92 Å². The van der Waals surface area contributed by atoms with E-state index in [0.29, 0.717) is 6.04 Å². The molecule has 2 heterocycles. The van der Waals surface area contributed by atoms with Gasteiger partial charge in [-0.15, -0.1) is 0 Å². The first kappa shape index (κ1) is 9.61. The molecule has 3 atom stereocenters. The van der Waals surface area contributed by atoms with Gasteiger partial charge in [0.1, 0.15) is 0 Å². The van der Waals surface area contributed by atoms with Crippen LogP contribution in [0.5, 0.6) is 0 Å². The minimum absolute atomic E-state index is 0.269. The van der Waals surface area contributed by atoms with Gasteiger partial charge < -0.3 is 5.11 Å². The number of aliphatic hydroxyl groups is 1. The summed E-state index contributed by atoms with van der Waals surface area (Å²) >= 11 is 0. The lowest BCUT2D eigenvalue weighted by atomic mass is 9.72. The zero-order valence-electron chi connectivity index (χ0n) is 9.32. The second-order valence-electron chi connectivity index (χ2n) is 5.27. The largest absolute Gasteiger partial charge is 0.388 e. The molecule has 0 amide bonds. The number of hydrogen-bond donors (Lipinski definition) is 1. The number of hydrogen-bond acceptors (Lipinski definition) is 2. The van der Waals surface area contributed by atoms with Gasteiger partial charge in [0.05, 0.1) is 5.60 Å². The van der Waals surface area contributed by atoms with Crippen molar-refractivity contribution in [1.29, 1.82) is 0 Å². The first-order valence-corrected chi connectivity index (χ1v) is 6.01. The molecular formula is C13H19NO. The van der Waals surface area contributed by atoms with E-state index in [1.807, 2.05) is 6.92 Å². The van der Waals surface area contributed by atoms with Crippen molar-refractivity contribution in [3.05, 3.63) is 23.8 Å². The third kappa shape index (κ3) is 1.31. The Morgan fingerprint density at radius 3 is 3.27 bits per heavy atom. The maximum atomic E-state index is 10.7. The predicted molar refractivity (Wildman–Crippen MR) is 60.5 cm³/mol. The fourth-order valence-electron chi connectivity index (χ4n) is 3.54. The van der Waals surface area contributed by atoms with Crippen LogP contribution in [-0.2, 0) is 0 Å². The van der Waals surface area contributed by atoms with Crippen molar-refractivity contribution in [3.63, 3.8) is 0 Å². The molecule has 2 heteroatoms. The van der Waals surface area contributed by atoms with Gasteiger partial charge in [0.25, 0.3) is 0 Å². The SMILES string of the molecule is C[C@]1(O)[C@@H]2C=CCC=C2CN2CCC[C@@H]21. The van der Waals surface area contributed by atoms with Crippen molar-refractivity contribution in [2.75, 3.05) is 13.1 Å². The molecule has 1 N–H and O–H groups in total. The highest BCUT2D eigenvalue weighted by Crippen LogP contribution is 2.42. The molecule has 3 aliphatic rings. The number of fused-ring (bicyclic) bond motifs is 2. The molecule has 2 nitrogen and oxygen atoms in total. The highest BCUT2D eigenvalue weighted by Gasteiger charge is 2.49. The van der Waals surface area contributed by atoms with Crippen molar-refractivity contribution in [1.82, 2.24) is 4.90 Å². The second-order valence-corrected chi connectivity index (χ2v) is 5.27. The van der Waals surface area contributed by atoms with Crippen LogP contribution in [0.4, 0.5) is 0 Å². The lowest BCUT2D eigenvalue weighted by Gasteiger charge is -2.48. The Kier molecular flexibility index (Phi) is 2.05. The van der Waals surface area contributed by atoms with Crippen molar-refractivity contribution in [2.45, 2.75) is 37.8 Å². The van der Waals surface area contributed by atoms with Crippen LogP contribution in [-0.4, -0.2) is 34.7 Å². The molecule has 0 bridgehead atoms. The fraction of sp³-hybridized carbons (Fsp3) is 0.692. The minimum Gasteiger partial charge on any atom is -0.388 e. The van der Waals surface area contributed by atoms with Gasteiger partial charge in [-0.2, -0.15) is 0 Å². The number of allylic oxidation sites excluding steroid dienone is 2. The number of piperidine rings is 1. The Morgan fingerprint density at radius 2 is 2.40 bits per heavy atom. The van der Waals surface area contributed by atoms with Gasteiger partial charge in [-0.1, -0.05) is 23.8 Å². The molecule has 0 aromatic carbocycles. The summed E-state index contributed by atoms with van der Waals surface area (Å²) in [6.07, 6.45) is 10.1. The zero-order valence-corrected chi connectivity index (χ0v) is 9.32. The average molecular weight is 205 g/mol. The molecule has 2 aliphatic heterocycles. The molecule has 2 saturated heterocycles. The Bertz CT molecular complexity index is 329. The van der Waals surface area contributed by atoms with Crippen LogP contribution < -0.4 is 0 Å². The third-order valence-electron chi connectivity index (χ3n) is 4.30. The van der Waals surface area contributed by atoms with Crippen LogP contribution in [0.25, 0.3) is 0 Å². The summed E-state index contributed by atoms with van der Waals surface area (Å²) in [6.45, 7) is 4.26. The predicted octanol–water partition coefficient (Wildman–Crippen LogP) is 1.72. The highest BCUT2D eigenvalue weighted by molar-refractivity contribution is 5.30. The average Bonchev–Trinajstić information content (AvgIpc) is 2.67. The molecule has 15 heavy (non-hydrogen) atoms. The van der Waals surface area contributed by atoms with Gasteiger partial charge in [0.2, 0.25) is 0 Å². The third-order valence-corrected chi connectivity index (χ3v) is 4.30. The summed E-state index contributed by atoms with van der Waals surface area (Å²) in [6, 6.07) is 0.377. The van der Waals surface area contributed by atoms with Crippen LogP contribution in [0.1, 0.15) is 26.2 Å². The number of rotatable bonds is 0. The summed E-state index contributed by atoms with van der Waals surface area (Å²) < 4.78 is 0. The van der Waals surface area contributed by atoms with Gasteiger partial charge in [0.15, 0.2) is 0 Å². The summed E-state index contributed by atoms with van der Waals surface area (Å²) in [5.41, 5.74) is 0.873.